The van der Waals surface area contributed by atoms with E-state index < -0.39 is 0 Å². The third-order valence-electron chi connectivity index (χ3n) is 3.68. The highest BCUT2D eigenvalue weighted by Gasteiger charge is 2.32. The first-order valence-corrected chi connectivity index (χ1v) is 6.12. The van der Waals surface area contributed by atoms with Gasteiger partial charge in [-0.3, -0.25) is 0 Å². The van der Waals surface area contributed by atoms with Gasteiger partial charge in [0.15, 0.2) is 5.82 Å². The zero-order chi connectivity index (χ0) is 11.0. The van der Waals surface area contributed by atoms with E-state index in [0.717, 1.165) is 6.04 Å². The van der Waals surface area contributed by atoms with Crippen molar-refractivity contribution in [2.75, 3.05) is 18.4 Å². The van der Waals surface area contributed by atoms with Gasteiger partial charge in [0.2, 0.25) is 0 Å². The van der Waals surface area contributed by atoms with Gasteiger partial charge in [-0.15, -0.1) is 0 Å². The minimum Gasteiger partial charge on any atom is -0.335 e. The Morgan fingerprint density at radius 2 is 2.31 bits per heavy atom. The minimum atomic E-state index is 0.499. The van der Waals surface area contributed by atoms with E-state index >= 15 is 0 Å². The van der Waals surface area contributed by atoms with Crippen LogP contribution in [0.15, 0.2) is 4.52 Å². The molecular weight excluding hydrogens is 204 g/mol. The maximum Gasteiger partial charge on any atom is 0.321 e. The van der Waals surface area contributed by atoms with Gasteiger partial charge in [0.1, 0.15) is 0 Å². The maximum atomic E-state index is 5.09. The van der Waals surface area contributed by atoms with Crippen LogP contribution in [0.25, 0.3) is 0 Å². The average molecular weight is 222 g/mol. The molecular formula is C11H18N4O. The van der Waals surface area contributed by atoms with Crippen LogP contribution in [-0.2, 0) is 0 Å². The Morgan fingerprint density at radius 1 is 1.38 bits per heavy atom. The Bertz CT molecular complexity index is 365. The highest BCUT2D eigenvalue weighted by atomic mass is 16.5. The quantitative estimate of drug-likeness (QED) is 0.820. The van der Waals surface area contributed by atoms with Crippen molar-refractivity contribution < 1.29 is 4.52 Å². The first-order chi connectivity index (χ1) is 7.81. The molecule has 0 spiro atoms. The van der Waals surface area contributed by atoms with Gasteiger partial charge in [0, 0.05) is 18.6 Å². The fourth-order valence-electron chi connectivity index (χ4n) is 2.89. The van der Waals surface area contributed by atoms with Crippen molar-refractivity contribution in [3.8, 4) is 0 Å². The zero-order valence-electron chi connectivity index (χ0n) is 9.65. The standard InChI is InChI=1S/C11H18N4O/c1-8-12-11(16-14-8)13-9-4-6-15-5-2-3-10(15)7-9/h9-10H,2-7H2,1H3,(H,12,13,14). The molecule has 16 heavy (non-hydrogen) atoms. The van der Waals surface area contributed by atoms with Crippen LogP contribution in [0.5, 0.6) is 0 Å². The lowest BCUT2D eigenvalue weighted by Crippen LogP contribution is -2.42. The average Bonchev–Trinajstić information content (AvgIpc) is 2.87. The number of nitrogens with one attached hydrogen (secondary N) is 1. The Labute approximate surface area is 95.2 Å². The molecule has 88 valence electrons. The molecule has 0 aliphatic carbocycles. The number of nitrogens with zero attached hydrogens (tertiary/aromatic N) is 3. The van der Waals surface area contributed by atoms with Crippen LogP contribution >= 0.6 is 0 Å². The number of rotatable bonds is 2. The SMILES string of the molecule is Cc1noc(NC2CCN3CCCC3C2)n1. The summed E-state index contributed by atoms with van der Waals surface area (Å²) in [6.45, 7) is 4.33. The molecule has 2 atom stereocenters. The van der Waals surface area contributed by atoms with Gasteiger partial charge in [-0.05, 0) is 39.2 Å². The number of aromatic nitrogens is 2. The molecule has 0 saturated carbocycles. The van der Waals surface area contributed by atoms with Crippen LogP contribution in [0.4, 0.5) is 6.01 Å². The summed E-state index contributed by atoms with van der Waals surface area (Å²) in [4.78, 5) is 6.80. The molecule has 0 radical (unpaired) electrons. The number of fused-ring (bicyclic) bond motifs is 1. The summed E-state index contributed by atoms with van der Waals surface area (Å²) >= 11 is 0. The van der Waals surface area contributed by atoms with Gasteiger partial charge >= 0.3 is 6.01 Å². The molecule has 5 heteroatoms. The summed E-state index contributed by atoms with van der Waals surface area (Å²) < 4.78 is 5.09. The van der Waals surface area contributed by atoms with Crippen molar-refractivity contribution in [2.24, 2.45) is 0 Å². The third kappa shape index (κ3) is 1.91. The molecule has 2 aliphatic heterocycles. The lowest BCUT2D eigenvalue weighted by Gasteiger charge is -2.34. The van der Waals surface area contributed by atoms with Crippen LogP contribution in [-0.4, -0.2) is 40.2 Å². The van der Waals surface area contributed by atoms with Crippen LogP contribution in [0.1, 0.15) is 31.5 Å². The summed E-state index contributed by atoms with van der Waals surface area (Å²) in [6, 6.07) is 1.85. The fraction of sp³-hybridized carbons (Fsp3) is 0.818. The second kappa shape index (κ2) is 4.05. The summed E-state index contributed by atoms with van der Waals surface area (Å²) in [5, 5.41) is 7.14. The highest BCUT2D eigenvalue weighted by molar-refractivity contribution is 5.21. The Kier molecular flexibility index (Phi) is 2.55. The molecule has 2 unspecified atom stereocenters. The molecule has 0 amide bonds. The lowest BCUT2D eigenvalue weighted by molar-refractivity contribution is 0.186. The summed E-state index contributed by atoms with van der Waals surface area (Å²) in [6.07, 6.45) is 5.09. The molecule has 3 rings (SSSR count). The van der Waals surface area contributed by atoms with Crippen molar-refractivity contribution in [2.45, 2.75) is 44.7 Å². The molecule has 0 aromatic carbocycles. The van der Waals surface area contributed by atoms with E-state index in [4.69, 9.17) is 4.52 Å². The van der Waals surface area contributed by atoms with E-state index in [9.17, 15) is 0 Å². The predicted octanol–water partition coefficient (Wildman–Crippen LogP) is 1.42. The summed E-state index contributed by atoms with van der Waals surface area (Å²) in [5.41, 5.74) is 0. The maximum absolute atomic E-state index is 5.09. The molecule has 5 nitrogen and oxygen atoms in total. The van der Waals surface area contributed by atoms with E-state index in [0.29, 0.717) is 17.9 Å². The monoisotopic (exact) mass is 222 g/mol. The van der Waals surface area contributed by atoms with Gasteiger partial charge in [-0.2, -0.15) is 4.98 Å². The summed E-state index contributed by atoms with van der Waals surface area (Å²) in [5.74, 6) is 0.695. The fourth-order valence-corrected chi connectivity index (χ4v) is 2.89. The minimum absolute atomic E-state index is 0.499. The van der Waals surface area contributed by atoms with Crippen LogP contribution in [0.2, 0.25) is 0 Å². The van der Waals surface area contributed by atoms with Crippen molar-refractivity contribution >= 4 is 6.01 Å². The van der Waals surface area contributed by atoms with E-state index in [1.165, 1.54) is 38.8 Å². The molecule has 2 fully saturated rings. The number of aryl methyl sites for hydroxylation is 1. The van der Waals surface area contributed by atoms with E-state index in [1.807, 2.05) is 6.92 Å². The van der Waals surface area contributed by atoms with Crippen molar-refractivity contribution in [1.29, 1.82) is 0 Å². The Balaban J connectivity index is 1.60. The van der Waals surface area contributed by atoms with Gasteiger partial charge in [0.25, 0.3) is 0 Å². The van der Waals surface area contributed by atoms with Crippen molar-refractivity contribution in [3.05, 3.63) is 5.82 Å². The molecule has 2 aliphatic rings. The first-order valence-electron chi connectivity index (χ1n) is 6.12. The Hall–Kier alpha value is -1.10. The second-order valence-corrected chi connectivity index (χ2v) is 4.84. The van der Waals surface area contributed by atoms with Crippen molar-refractivity contribution in [3.63, 3.8) is 0 Å². The molecule has 1 aromatic heterocycles. The van der Waals surface area contributed by atoms with Gasteiger partial charge < -0.3 is 14.7 Å². The number of anilines is 1. The first kappa shape index (κ1) is 10.1. The zero-order valence-corrected chi connectivity index (χ0v) is 9.65. The summed E-state index contributed by atoms with van der Waals surface area (Å²) in [7, 11) is 0. The van der Waals surface area contributed by atoms with Gasteiger partial charge in [-0.1, -0.05) is 5.16 Å². The van der Waals surface area contributed by atoms with Crippen LogP contribution in [0.3, 0.4) is 0 Å². The van der Waals surface area contributed by atoms with Gasteiger partial charge in [0.05, 0.1) is 0 Å². The Morgan fingerprint density at radius 3 is 3.12 bits per heavy atom. The number of hydrogen-bond donors (Lipinski definition) is 1. The van der Waals surface area contributed by atoms with E-state index in [-0.39, 0.29) is 0 Å². The number of piperidine rings is 1. The van der Waals surface area contributed by atoms with Gasteiger partial charge in [-0.25, -0.2) is 0 Å². The lowest BCUT2D eigenvalue weighted by atomic mass is 9.98. The van der Waals surface area contributed by atoms with Crippen LogP contribution in [0, 0.1) is 6.92 Å². The van der Waals surface area contributed by atoms with E-state index in [2.05, 4.69) is 20.4 Å². The predicted molar refractivity (Wildman–Crippen MR) is 60.3 cm³/mol. The molecule has 1 N–H and O–H groups in total. The topological polar surface area (TPSA) is 54.2 Å². The molecule has 2 saturated heterocycles. The van der Waals surface area contributed by atoms with Crippen molar-refractivity contribution in [1.82, 2.24) is 15.0 Å². The number of hydrogen-bond acceptors (Lipinski definition) is 5. The second-order valence-electron chi connectivity index (χ2n) is 4.84. The third-order valence-corrected chi connectivity index (χ3v) is 3.68. The molecule has 3 heterocycles. The highest BCUT2D eigenvalue weighted by Crippen LogP contribution is 2.28. The largest absolute Gasteiger partial charge is 0.335 e. The normalized spacial score (nSPS) is 30.3. The van der Waals surface area contributed by atoms with Crippen LogP contribution < -0.4 is 5.32 Å². The molecule has 1 aromatic rings. The molecule has 0 bridgehead atoms. The smallest absolute Gasteiger partial charge is 0.321 e. The van der Waals surface area contributed by atoms with E-state index in [1.54, 1.807) is 0 Å².